The summed E-state index contributed by atoms with van der Waals surface area (Å²) < 4.78 is 10.1. The predicted molar refractivity (Wildman–Crippen MR) is 57.3 cm³/mol. The molecule has 1 rings (SSSR count). The highest BCUT2D eigenvalue weighted by molar-refractivity contribution is 5.17. The molecular weight excluding hydrogens is 212 g/mol. The van der Waals surface area contributed by atoms with Crippen LogP contribution in [0.2, 0.25) is 0 Å². The highest BCUT2D eigenvalue weighted by Gasteiger charge is 2.13. The van der Waals surface area contributed by atoms with Crippen molar-refractivity contribution in [3.8, 4) is 5.75 Å². The van der Waals surface area contributed by atoms with Crippen molar-refractivity contribution in [2.75, 3.05) is 6.61 Å². The van der Waals surface area contributed by atoms with Crippen molar-refractivity contribution in [1.29, 1.82) is 0 Å². The van der Waals surface area contributed by atoms with Crippen molar-refractivity contribution in [1.82, 2.24) is 0 Å². The third-order valence-corrected chi connectivity index (χ3v) is 1.98. The van der Waals surface area contributed by atoms with Crippen LogP contribution < -0.4 is 10.2 Å². The molecule has 1 heterocycles. The van der Waals surface area contributed by atoms with Crippen LogP contribution in [0.5, 0.6) is 5.75 Å². The van der Waals surface area contributed by atoms with Gasteiger partial charge in [-0.1, -0.05) is 0 Å². The Labute approximate surface area is 93.3 Å². The number of hydrogen-bond acceptors (Lipinski definition) is 5. The highest BCUT2D eigenvalue weighted by Crippen LogP contribution is 2.10. The molecule has 0 spiro atoms. The molecule has 0 saturated heterocycles. The Kier molecular flexibility index (Phi) is 4.09. The van der Waals surface area contributed by atoms with Crippen LogP contribution in [-0.4, -0.2) is 22.4 Å². The normalized spacial score (nSPS) is 11.5. The van der Waals surface area contributed by atoms with Gasteiger partial charge in [0.15, 0.2) is 0 Å². The van der Waals surface area contributed by atoms with Gasteiger partial charge in [0.05, 0.1) is 12.2 Å². The van der Waals surface area contributed by atoms with Crippen molar-refractivity contribution in [2.24, 2.45) is 0 Å². The summed E-state index contributed by atoms with van der Waals surface area (Å²) in [7, 11) is 0. The third-order valence-electron chi connectivity index (χ3n) is 1.98. The molecule has 1 aromatic rings. The van der Waals surface area contributed by atoms with Gasteiger partial charge in [0.1, 0.15) is 18.6 Å². The van der Waals surface area contributed by atoms with Crippen LogP contribution in [0.25, 0.3) is 0 Å². The Morgan fingerprint density at radius 2 is 2.19 bits per heavy atom. The Balaban J connectivity index is 2.58. The highest BCUT2D eigenvalue weighted by atomic mass is 16.5. The van der Waals surface area contributed by atoms with Gasteiger partial charge < -0.3 is 19.4 Å². The van der Waals surface area contributed by atoms with Crippen LogP contribution in [0.4, 0.5) is 0 Å². The zero-order chi connectivity index (χ0) is 12.2. The summed E-state index contributed by atoms with van der Waals surface area (Å²) in [6.45, 7) is 3.23. The van der Waals surface area contributed by atoms with E-state index < -0.39 is 5.60 Å². The Morgan fingerprint density at radius 3 is 2.69 bits per heavy atom. The molecular formula is C11H16O5. The van der Waals surface area contributed by atoms with Gasteiger partial charge in [0, 0.05) is 12.5 Å². The SMILES string of the molecule is CC(C)(O)CCOc1coc(CO)cc1=O. The van der Waals surface area contributed by atoms with Gasteiger partial charge in [0.2, 0.25) is 11.2 Å². The molecule has 1 aromatic heterocycles. The maximum Gasteiger partial charge on any atom is 0.227 e. The van der Waals surface area contributed by atoms with Crippen molar-refractivity contribution in [3.05, 3.63) is 28.3 Å². The first-order valence-corrected chi connectivity index (χ1v) is 5.00. The van der Waals surface area contributed by atoms with E-state index >= 15 is 0 Å². The van der Waals surface area contributed by atoms with Crippen LogP contribution in [0.15, 0.2) is 21.5 Å². The van der Waals surface area contributed by atoms with E-state index in [9.17, 15) is 9.90 Å². The topological polar surface area (TPSA) is 79.9 Å². The minimum absolute atomic E-state index is 0.0847. The standard InChI is InChI=1S/C11H16O5/c1-11(2,14)3-4-15-10-7-16-8(6-12)5-9(10)13/h5,7,12,14H,3-4,6H2,1-2H3. The summed E-state index contributed by atoms with van der Waals surface area (Å²) in [5.41, 5.74) is -1.17. The van der Waals surface area contributed by atoms with E-state index in [1.807, 2.05) is 0 Å². The molecule has 16 heavy (non-hydrogen) atoms. The fraction of sp³-hybridized carbons (Fsp3) is 0.545. The predicted octanol–water partition coefficient (Wildman–Crippen LogP) is 0.672. The maximum absolute atomic E-state index is 11.4. The van der Waals surface area contributed by atoms with E-state index in [2.05, 4.69) is 0 Å². The minimum atomic E-state index is -0.828. The fourth-order valence-corrected chi connectivity index (χ4v) is 1.04. The summed E-state index contributed by atoms with van der Waals surface area (Å²) in [5.74, 6) is 0.279. The van der Waals surface area contributed by atoms with Crippen molar-refractivity contribution in [2.45, 2.75) is 32.5 Å². The van der Waals surface area contributed by atoms with Crippen LogP contribution in [0.3, 0.4) is 0 Å². The second-order valence-electron chi connectivity index (χ2n) is 4.14. The van der Waals surface area contributed by atoms with E-state index in [1.54, 1.807) is 13.8 Å². The molecule has 0 atom stereocenters. The molecule has 0 aromatic carbocycles. The number of aliphatic hydroxyl groups excluding tert-OH is 1. The van der Waals surface area contributed by atoms with E-state index in [1.165, 1.54) is 6.07 Å². The molecule has 0 saturated carbocycles. The Morgan fingerprint density at radius 1 is 1.50 bits per heavy atom. The van der Waals surface area contributed by atoms with Crippen LogP contribution in [0.1, 0.15) is 26.0 Å². The molecule has 0 aliphatic heterocycles. The summed E-state index contributed by atoms with van der Waals surface area (Å²) in [6.07, 6.45) is 1.58. The molecule has 2 N–H and O–H groups in total. The van der Waals surface area contributed by atoms with Gasteiger partial charge in [-0.25, -0.2) is 0 Å². The average molecular weight is 228 g/mol. The molecule has 0 aliphatic carbocycles. The second kappa shape index (κ2) is 5.14. The minimum Gasteiger partial charge on any atom is -0.487 e. The lowest BCUT2D eigenvalue weighted by atomic mass is 10.1. The van der Waals surface area contributed by atoms with Crippen LogP contribution in [-0.2, 0) is 6.61 Å². The van der Waals surface area contributed by atoms with E-state index in [0.29, 0.717) is 6.42 Å². The first kappa shape index (κ1) is 12.7. The van der Waals surface area contributed by atoms with Crippen molar-refractivity contribution >= 4 is 0 Å². The maximum atomic E-state index is 11.4. The lowest BCUT2D eigenvalue weighted by Gasteiger charge is -2.16. The zero-order valence-corrected chi connectivity index (χ0v) is 9.40. The number of hydrogen-bond donors (Lipinski definition) is 2. The molecule has 90 valence electrons. The Hall–Kier alpha value is -1.33. The molecule has 0 amide bonds. The lowest BCUT2D eigenvalue weighted by molar-refractivity contribution is 0.0548. The zero-order valence-electron chi connectivity index (χ0n) is 9.40. The van der Waals surface area contributed by atoms with Crippen LogP contribution in [0, 0.1) is 0 Å². The largest absolute Gasteiger partial charge is 0.487 e. The summed E-state index contributed by atoms with van der Waals surface area (Å²) in [5, 5.41) is 18.2. The monoisotopic (exact) mass is 228 g/mol. The Bertz CT molecular complexity index is 388. The summed E-state index contributed by atoms with van der Waals surface area (Å²) >= 11 is 0. The van der Waals surface area contributed by atoms with E-state index in [-0.39, 0.29) is 30.2 Å². The van der Waals surface area contributed by atoms with Gasteiger partial charge >= 0.3 is 0 Å². The van der Waals surface area contributed by atoms with E-state index in [0.717, 1.165) is 6.26 Å². The lowest BCUT2D eigenvalue weighted by Crippen LogP contribution is -2.22. The third kappa shape index (κ3) is 4.04. The quantitative estimate of drug-likeness (QED) is 0.774. The van der Waals surface area contributed by atoms with Gasteiger partial charge in [-0.05, 0) is 13.8 Å². The van der Waals surface area contributed by atoms with Gasteiger partial charge in [-0.15, -0.1) is 0 Å². The van der Waals surface area contributed by atoms with Gasteiger partial charge in [-0.3, -0.25) is 4.79 Å². The number of rotatable bonds is 5. The second-order valence-corrected chi connectivity index (χ2v) is 4.14. The first-order chi connectivity index (χ1) is 7.42. The van der Waals surface area contributed by atoms with Crippen molar-refractivity contribution < 1.29 is 19.4 Å². The average Bonchev–Trinajstić information content (AvgIpc) is 2.18. The molecule has 0 aliphatic rings. The molecule has 5 heteroatoms. The molecule has 5 nitrogen and oxygen atoms in total. The first-order valence-electron chi connectivity index (χ1n) is 5.00. The van der Waals surface area contributed by atoms with Crippen LogP contribution >= 0.6 is 0 Å². The van der Waals surface area contributed by atoms with Crippen molar-refractivity contribution in [3.63, 3.8) is 0 Å². The molecule has 0 unspecified atom stereocenters. The molecule has 0 fully saturated rings. The fourth-order valence-electron chi connectivity index (χ4n) is 1.04. The smallest absolute Gasteiger partial charge is 0.227 e. The van der Waals surface area contributed by atoms with E-state index in [4.69, 9.17) is 14.3 Å². The van der Waals surface area contributed by atoms with Gasteiger partial charge in [0.25, 0.3) is 0 Å². The number of aliphatic hydroxyl groups is 2. The summed E-state index contributed by atoms with van der Waals surface area (Å²) in [6, 6.07) is 1.18. The summed E-state index contributed by atoms with van der Waals surface area (Å²) in [4.78, 5) is 11.4. The molecule has 0 radical (unpaired) electrons. The van der Waals surface area contributed by atoms with Gasteiger partial charge in [-0.2, -0.15) is 0 Å². The number of ether oxygens (including phenoxy) is 1. The molecule has 0 bridgehead atoms.